The average Bonchev–Trinajstić information content (AvgIpc) is 2.68. The van der Waals surface area contributed by atoms with E-state index in [1.165, 1.54) is 0 Å². The van der Waals surface area contributed by atoms with Crippen molar-refractivity contribution in [3.63, 3.8) is 0 Å². The van der Waals surface area contributed by atoms with Gasteiger partial charge < -0.3 is 24.8 Å². The molecule has 11 heteroatoms. The summed E-state index contributed by atoms with van der Waals surface area (Å²) in [4.78, 5) is 4.51. The van der Waals surface area contributed by atoms with Crippen LogP contribution in [0.2, 0.25) is 0 Å². The van der Waals surface area contributed by atoms with Crippen LogP contribution in [-0.2, 0) is 39.4 Å². The molecule has 0 aromatic heterocycles. The monoisotopic (exact) mass is 493 g/mol. The quantitative estimate of drug-likeness (QED) is 0.376. The standard InChI is InChI=1S/C18H39N4O4.2ClH.Ti/c1-21-13-9-16(24-4)19-11-7-15(23-3)20-12-8-17(25-5)22(2)14-10-18(21)26-6;;;/h15-16,18-20H,7-14H2,1-6H3;2*1H;/q;;;+2/p-2. The van der Waals surface area contributed by atoms with E-state index in [2.05, 4.69) is 55.0 Å². The van der Waals surface area contributed by atoms with Crippen LogP contribution in [0.1, 0.15) is 25.7 Å². The second kappa shape index (κ2) is 17.5. The Balaban J connectivity index is 0. The molecule has 4 atom stereocenters. The van der Waals surface area contributed by atoms with Crippen molar-refractivity contribution in [2.24, 2.45) is 0 Å². The Labute approximate surface area is 201 Å². The van der Waals surface area contributed by atoms with Crippen molar-refractivity contribution in [2.75, 3.05) is 68.7 Å². The molecule has 1 aliphatic heterocycles. The molecule has 0 radical (unpaired) electrons. The summed E-state index contributed by atoms with van der Waals surface area (Å²) in [6, 6.07) is 0. The number of rotatable bonds is 4. The van der Waals surface area contributed by atoms with Gasteiger partial charge in [-0.05, 0) is 0 Å². The summed E-state index contributed by atoms with van der Waals surface area (Å²) in [7, 11) is 11.2. The molecule has 2 N–H and O–H groups in total. The zero-order valence-electron chi connectivity index (χ0n) is 18.7. The second-order valence-electron chi connectivity index (χ2n) is 7.05. The third kappa shape index (κ3) is 11.4. The summed E-state index contributed by atoms with van der Waals surface area (Å²) in [6.07, 6.45) is 3.62. The number of ether oxygens (including phenoxy) is 4. The summed E-state index contributed by atoms with van der Waals surface area (Å²) in [5.41, 5.74) is 0. The minimum Gasteiger partial charge on any atom is -1.00 e. The van der Waals surface area contributed by atoms with Crippen LogP contribution in [0, 0.1) is 0 Å². The molecule has 1 heterocycles. The summed E-state index contributed by atoms with van der Waals surface area (Å²) < 4.78 is 22.4. The molecule has 0 aromatic rings. The zero-order valence-corrected chi connectivity index (χ0v) is 21.7. The van der Waals surface area contributed by atoms with E-state index in [1.54, 1.807) is 28.4 Å². The van der Waals surface area contributed by atoms with Gasteiger partial charge in [0.05, 0.1) is 0 Å². The largest absolute Gasteiger partial charge is 1.00 e. The molecular formula is C18H39Cl2N4O4Ti. The molecule has 1 rings (SSSR count). The molecule has 0 bridgehead atoms. The van der Waals surface area contributed by atoms with Crippen molar-refractivity contribution in [3.8, 4) is 0 Å². The first-order valence-corrected chi connectivity index (χ1v) is 10.4. The van der Waals surface area contributed by atoms with Crippen molar-refractivity contribution >= 4 is 0 Å². The van der Waals surface area contributed by atoms with Crippen LogP contribution in [-0.4, -0.2) is 101 Å². The van der Waals surface area contributed by atoms with Crippen molar-refractivity contribution < 1.29 is 64.2 Å². The Morgan fingerprint density at radius 3 is 1.97 bits per heavy atom. The molecule has 0 saturated carbocycles. The first-order valence-electron chi connectivity index (χ1n) is 9.67. The number of methoxy groups -OCH3 is 4. The Kier molecular flexibility index (Phi) is 19.4. The Morgan fingerprint density at radius 1 is 0.828 bits per heavy atom. The van der Waals surface area contributed by atoms with Gasteiger partial charge in [-0.3, -0.25) is 0 Å². The molecule has 0 aliphatic carbocycles. The van der Waals surface area contributed by atoms with Gasteiger partial charge in [-0.2, -0.15) is 0 Å². The van der Waals surface area contributed by atoms with E-state index in [1.807, 2.05) is 0 Å². The summed E-state index contributed by atoms with van der Waals surface area (Å²) >= 11 is 2.13. The maximum Gasteiger partial charge on any atom is -1.00 e. The van der Waals surface area contributed by atoms with Gasteiger partial charge in [0.1, 0.15) is 0 Å². The fraction of sp³-hybridized carbons (Fsp3) is 1.00. The SMILES string of the molecule is COC1CCNC(OC)CCN(C)C(OC)CCN(C)[C]([Ti+2])(OC)CCN1.[Cl-].[Cl-]. The van der Waals surface area contributed by atoms with Crippen LogP contribution in [0.4, 0.5) is 0 Å². The van der Waals surface area contributed by atoms with Crippen molar-refractivity contribution in [1.82, 2.24) is 20.4 Å². The van der Waals surface area contributed by atoms with Gasteiger partial charge in [0.15, 0.2) is 0 Å². The predicted octanol–water partition coefficient (Wildman–Crippen LogP) is -5.62. The van der Waals surface area contributed by atoms with E-state index in [4.69, 9.17) is 18.9 Å². The maximum absolute atomic E-state index is 5.85. The van der Waals surface area contributed by atoms with E-state index < -0.39 is 0 Å². The van der Waals surface area contributed by atoms with Gasteiger partial charge in [-0.1, -0.05) is 0 Å². The van der Waals surface area contributed by atoms with Crippen LogP contribution in [0.25, 0.3) is 0 Å². The summed E-state index contributed by atoms with van der Waals surface area (Å²) in [5, 5.41) is 6.94. The number of hydrogen-bond donors (Lipinski definition) is 2. The van der Waals surface area contributed by atoms with Gasteiger partial charge in [-0.15, -0.1) is 0 Å². The third-order valence-corrected chi connectivity index (χ3v) is 6.66. The molecule has 29 heavy (non-hydrogen) atoms. The van der Waals surface area contributed by atoms with Crippen LogP contribution < -0.4 is 35.4 Å². The van der Waals surface area contributed by atoms with Crippen LogP contribution in [0.5, 0.6) is 0 Å². The van der Waals surface area contributed by atoms with Crippen molar-refractivity contribution in [3.05, 3.63) is 0 Å². The topological polar surface area (TPSA) is 67.5 Å². The number of nitrogens with zero attached hydrogens (tertiary/aromatic N) is 2. The summed E-state index contributed by atoms with van der Waals surface area (Å²) in [5.74, 6) is 0. The zero-order chi connectivity index (χ0) is 20.3. The van der Waals surface area contributed by atoms with E-state index in [0.29, 0.717) is 0 Å². The molecule has 4 unspecified atom stereocenters. The number of halogens is 2. The van der Waals surface area contributed by atoms with Crippen LogP contribution in [0.15, 0.2) is 0 Å². The molecule has 0 amide bonds. The molecule has 173 valence electrons. The maximum atomic E-state index is 5.85. The van der Waals surface area contributed by atoms with Crippen molar-refractivity contribution in [1.29, 1.82) is 0 Å². The molecule has 0 aromatic carbocycles. The molecule has 0 spiro atoms. The third-order valence-electron chi connectivity index (χ3n) is 5.36. The fourth-order valence-corrected chi connectivity index (χ4v) is 3.67. The van der Waals surface area contributed by atoms with Gasteiger partial charge >= 0.3 is 177 Å². The van der Waals surface area contributed by atoms with E-state index >= 15 is 0 Å². The Hall–Kier alpha value is 0.974. The number of nitrogens with one attached hydrogen (secondary N) is 2. The van der Waals surface area contributed by atoms with Gasteiger partial charge in [0.2, 0.25) is 0 Å². The van der Waals surface area contributed by atoms with Gasteiger partial charge in [0.25, 0.3) is 0 Å². The average molecular weight is 494 g/mol. The second-order valence-corrected chi connectivity index (χ2v) is 8.27. The smallest absolute Gasteiger partial charge is 1.00 e. The van der Waals surface area contributed by atoms with Gasteiger partial charge in [-0.25, -0.2) is 0 Å². The van der Waals surface area contributed by atoms with E-state index in [0.717, 1.165) is 51.9 Å². The van der Waals surface area contributed by atoms with Gasteiger partial charge in [0, 0.05) is 0 Å². The van der Waals surface area contributed by atoms with E-state index in [9.17, 15) is 0 Å². The number of hydrogen-bond acceptors (Lipinski definition) is 8. The first-order chi connectivity index (χ1) is 12.9. The summed E-state index contributed by atoms with van der Waals surface area (Å²) in [6.45, 7) is 3.41. The molecular weight excluding hydrogens is 455 g/mol. The first kappa shape index (κ1) is 32.2. The minimum atomic E-state index is -0.335. The fourth-order valence-electron chi connectivity index (χ4n) is 3.30. The molecule has 1 saturated heterocycles. The Bertz CT molecular complexity index is 407. The van der Waals surface area contributed by atoms with Crippen LogP contribution >= 0.6 is 0 Å². The molecule has 8 nitrogen and oxygen atoms in total. The van der Waals surface area contributed by atoms with Crippen LogP contribution in [0.3, 0.4) is 0 Å². The molecule has 1 fully saturated rings. The van der Waals surface area contributed by atoms with Crippen molar-refractivity contribution in [2.45, 2.75) is 48.4 Å². The minimum absolute atomic E-state index is 0. The molecule has 1 aliphatic rings. The van der Waals surface area contributed by atoms with E-state index in [-0.39, 0.29) is 47.5 Å². The predicted molar refractivity (Wildman–Crippen MR) is 102 cm³/mol. The Morgan fingerprint density at radius 2 is 1.41 bits per heavy atom. The normalized spacial score (nSPS) is 32.2.